The Bertz CT molecular complexity index is 818. The summed E-state index contributed by atoms with van der Waals surface area (Å²) in [5.74, 6) is -0.706. The topological polar surface area (TPSA) is 46.4 Å². The Hall–Kier alpha value is -2.34. The second-order valence-electron chi connectivity index (χ2n) is 4.77. The van der Waals surface area contributed by atoms with Crippen molar-refractivity contribution < 1.29 is 9.18 Å². The van der Waals surface area contributed by atoms with Gasteiger partial charge in [-0.2, -0.15) is 0 Å². The molecule has 1 atom stereocenters. The number of para-hydroxylation sites is 1. The van der Waals surface area contributed by atoms with Gasteiger partial charge in [-0.1, -0.05) is 30.0 Å². The fourth-order valence-corrected chi connectivity index (χ4v) is 2.89. The monoisotopic (exact) mass is 315 g/mol. The molecule has 0 aliphatic heterocycles. The lowest BCUT2D eigenvalue weighted by Gasteiger charge is -2.11. The van der Waals surface area contributed by atoms with Crippen molar-refractivity contribution in [3.63, 3.8) is 0 Å². The molecule has 0 saturated heterocycles. The highest BCUT2D eigenvalue weighted by Gasteiger charge is 2.18. The van der Waals surface area contributed by atoms with E-state index in [2.05, 4.69) is 10.3 Å². The first-order valence-corrected chi connectivity index (χ1v) is 7.67. The summed E-state index contributed by atoms with van der Waals surface area (Å²) in [5, 5.41) is 2.93. The number of carbonyl (C=O) groups is 1. The number of thioether (sulfide) groups is 1. The van der Waals surface area contributed by atoms with Crippen LogP contribution in [-0.4, -0.2) is 20.5 Å². The van der Waals surface area contributed by atoms with Gasteiger partial charge in [0.05, 0.1) is 22.7 Å². The predicted molar refractivity (Wildman–Crippen MR) is 85.5 cm³/mol. The van der Waals surface area contributed by atoms with Crippen molar-refractivity contribution in [3.8, 4) is 0 Å². The van der Waals surface area contributed by atoms with E-state index < -0.39 is 11.1 Å². The van der Waals surface area contributed by atoms with E-state index in [-0.39, 0.29) is 11.6 Å². The van der Waals surface area contributed by atoms with Gasteiger partial charge in [-0.25, -0.2) is 9.37 Å². The molecule has 0 fully saturated rings. The Labute approximate surface area is 131 Å². The van der Waals surface area contributed by atoms with Gasteiger partial charge in [-0.3, -0.25) is 9.20 Å². The first-order valence-electron chi connectivity index (χ1n) is 6.79. The van der Waals surface area contributed by atoms with Crippen molar-refractivity contribution in [2.75, 3.05) is 5.32 Å². The van der Waals surface area contributed by atoms with E-state index in [4.69, 9.17) is 0 Å². The quantitative estimate of drug-likeness (QED) is 0.748. The molecule has 0 aliphatic rings. The number of anilines is 1. The smallest absolute Gasteiger partial charge is 0.237 e. The Balaban J connectivity index is 1.73. The van der Waals surface area contributed by atoms with Crippen LogP contribution in [0.3, 0.4) is 0 Å². The number of imidazole rings is 1. The normalized spacial score (nSPS) is 12.3. The zero-order chi connectivity index (χ0) is 15.5. The summed E-state index contributed by atoms with van der Waals surface area (Å²) in [6.07, 6.45) is 3.65. The van der Waals surface area contributed by atoms with Gasteiger partial charge in [0.15, 0.2) is 5.16 Å². The molecule has 1 unspecified atom stereocenters. The number of benzene rings is 1. The van der Waals surface area contributed by atoms with E-state index in [1.807, 2.05) is 28.8 Å². The Morgan fingerprint density at radius 1 is 1.27 bits per heavy atom. The Morgan fingerprint density at radius 2 is 2.05 bits per heavy atom. The van der Waals surface area contributed by atoms with Gasteiger partial charge < -0.3 is 5.32 Å². The fraction of sp³-hybridized carbons (Fsp3) is 0.125. The molecule has 1 N–H and O–H groups in total. The maximum Gasteiger partial charge on any atom is 0.237 e. The van der Waals surface area contributed by atoms with Gasteiger partial charge in [-0.15, -0.1) is 0 Å². The molecule has 0 spiro atoms. The van der Waals surface area contributed by atoms with Gasteiger partial charge in [0.2, 0.25) is 5.91 Å². The van der Waals surface area contributed by atoms with Crippen LogP contribution in [0.2, 0.25) is 0 Å². The van der Waals surface area contributed by atoms with Crippen LogP contribution < -0.4 is 5.32 Å². The molecule has 2 heterocycles. The summed E-state index contributed by atoms with van der Waals surface area (Å²) in [6, 6.07) is 11.9. The Morgan fingerprint density at radius 3 is 2.86 bits per heavy atom. The van der Waals surface area contributed by atoms with Crippen LogP contribution in [-0.2, 0) is 4.79 Å². The van der Waals surface area contributed by atoms with Gasteiger partial charge in [0, 0.05) is 6.20 Å². The molecule has 1 aromatic carbocycles. The van der Waals surface area contributed by atoms with Crippen LogP contribution >= 0.6 is 11.8 Å². The number of hydrogen-bond donors (Lipinski definition) is 1. The van der Waals surface area contributed by atoms with E-state index in [0.717, 1.165) is 10.7 Å². The predicted octanol–water partition coefficient (Wildman–Crippen LogP) is 3.59. The van der Waals surface area contributed by atoms with Crippen LogP contribution in [0.5, 0.6) is 0 Å². The molecule has 0 radical (unpaired) electrons. The van der Waals surface area contributed by atoms with Crippen molar-refractivity contribution in [1.29, 1.82) is 0 Å². The lowest BCUT2D eigenvalue weighted by atomic mass is 10.3. The molecule has 6 heteroatoms. The number of pyridine rings is 1. The molecule has 4 nitrogen and oxygen atoms in total. The van der Waals surface area contributed by atoms with Crippen molar-refractivity contribution in [2.24, 2.45) is 0 Å². The standard InChI is InChI=1S/C16H14FN3OS/c1-11(15(21)19-14-8-3-2-7-13(14)17)22-16-18-10-12-6-4-5-9-20(12)16/h2-11H,1H3,(H,19,21). The third-order valence-electron chi connectivity index (χ3n) is 3.19. The maximum atomic E-state index is 13.6. The summed E-state index contributed by atoms with van der Waals surface area (Å²) in [7, 11) is 0. The second kappa shape index (κ2) is 6.19. The number of fused-ring (bicyclic) bond motifs is 1. The van der Waals surface area contributed by atoms with E-state index in [0.29, 0.717) is 0 Å². The van der Waals surface area contributed by atoms with Gasteiger partial charge in [0.25, 0.3) is 0 Å². The van der Waals surface area contributed by atoms with Crippen molar-refractivity contribution in [2.45, 2.75) is 17.3 Å². The van der Waals surface area contributed by atoms with Gasteiger partial charge in [-0.05, 0) is 31.2 Å². The minimum atomic E-state index is -0.445. The first kappa shape index (κ1) is 14.6. The molecule has 0 aliphatic carbocycles. The van der Waals surface area contributed by atoms with Crippen molar-refractivity contribution in [1.82, 2.24) is 9.38 Å². The average molecular weight is 315 g/mol. The molecule has 3 rings (SSSR count). The third-order valence-corrected chi connectivity index (χ3v) is 4.27. The van der Waals surface area contributed by atoms with Gasteiger partial charge >= 0.3 is 0 Å². The Kier molecular flexibility index (Phi) is 4.11. The average Bonchev–Trinajstić information content (AvgIpc) is 2.93. The highest BCUT2D eigenvalue weighted by molar-refractivity contribution is 8.00. The lowest BCUT2D eigenvalue weighted by Crippen LogP contribution is -2.23. The van der Waals surface area contributed by atoms with Crippen molar-refractivity contribution >= 4 is 28.9 Å². The minimum Gasteiger partial charge on any atom is -0.323 e. The maximum absolute atomic E-state index is 13.6. The number of nitrogens with one attached hydrogen (secondary N) is 1. The largest absolute Gasteiger partial charge is 0.323 e. The fourth-order valence-electron chi connectivity index (χ4n) is 2.02. The summed E-state index contributed by atoms with van der Waals surface area (Å²) in [6.45, 7) is 1.77. The second-order valence-corrected chi connectivity index (χ2v) is 6.07. The molecule has 2 aromatic heterocycles. The zero-order valence-electron chi connectivity index (χ0n) is 11.9. The molecular weight excluding hydrogens is 301 g/mol. The highest BCUT2D eigenvalue weighted by atomic mass is 32.2. The molecule has 0 bridgehead atoms. The summed E-state index contributed by atoms with van der Waals surface area (Å²) in [4.78, 5) is 16.5. The molecule has 3 aromatic rings. The first-order chi connectivity index (χ1) is 10.6. The van der Waals surface area contributed by atoms with Crippen molar-refractivity contribution in [3.05, 3.63) is 60.7 Å². The number of aromatic nitrogens is 2. The SMILES string of the molecule is CC(Sc1ncc2ccccn12)C(=O)Nc1ccccc1F. The zero-order valence-corrected chi connectivity index (χ0v) is 12.7. The van der Waals surface area contributed by atoms with Crippen LogP contribution in [0.4, 0.5) is 10.1 Å². The van der Waals surface area contributed by atoms with Crippen LogP contribution in [0, 0.1) is 5.82 Å². The third kappa shape index (κ3) is 2.96. The summed E-state index contributed by atoms with van der Waals surface area (Å²) >= 11 is 1.33. The lowest BCUT2D eigenvalue weighted by molar-refractivity contribution is -0.115. The van der Waals surface area contributed by atoms with Gasteiger partial charge in [0.1, 0.15) is 5.82 Å². The summed E-state index contributed by atoms with van der Waals surface area (Å²) < 4.78 is 15.5. The number of amides is 1. The molecule has 22 heavy (non-hydrogen) atoms. The number of rotatable bonds is 4. The van der Waals surface area contributed by atoms with Crippen LogP contribution in [0.1, 0.15) is 6.92 Å². The molecule has 0 saturated carbocycles. The van der Waals surface area contributed by atoms with E-state index in [9.17, 15) is 9.18 Å². The number of carbonyl (C=O) groups excluding carboxylic acids is 1. The van der Waals surface area contributed by atoms with E-state index >= 15 is 0 Å². The molecular formula is C16H14FN3OS. The van der Waals surface area contributed by atoms with Crippen LogP contribution in [0.25, 0.3) is 5.52 Å². The number of halogens is 1. The summed E-state index contributed by atoms with van der Waals surface area (Å²) in [5.41, 5.74) is 1.15. The number of hydrogen-bond acceptors (Lipinski definition) is 3. The minimum absolute atomic E-state index is 0.188. The van der Waals surface area contributed by atoms with E-state index in [1.54, 1.807) is 25.3 Å². The highest BCUT2D eigenvalue weighted by Crippen LogP contribution is 2.24. The van der Waals surface area contributed by atoms with E-state index in [1.165, 1.54) is 23.9 Å². The molecule has 1 amide bonds. The van der Waals surface area contributed by atoms with Crippen LogP contribution in [0.15, 0.2) is 60.0 Å². The number of nitrogens with zero attached hydrogens (tertiary/aromatic N) is 2. The molecule has 112 valence electrons.